The second-order valence-electron chi connectivity index (χ2n) is 4.94. The fraction of sp³-hybridized carbons (Fsp3) is 0.571. The molecule has 6 heteroatoms. The number of aromatic nitrogens is 1. The van der Waals surface area contributed by atoms with Gasteiger partial charge in [0.05, 0.1) is 12.2 Å². The molecular weight excluding hydrogens is 261 g/mol. The van der Waals surface area contributed by atoms with Gasteiger partial charge in [0, 0.05) is 31.3 Å². The van der Waals surface area contributed by atoms with Crippen molar-refractivity contribution in [3.8, 4) is 0 Å². The van der Waals surface area contributed by atoms with Crippen molar-refractivity contribution >= 4 is 11.7 Å². The topological polar surface area (TPSA) is 63.2 Å². The lowest BCUT2D eigenvalue weighted by Gasteiger charge is -2.19. The van der Waals surface area contributed by atoms with Gasteiger partial charge in [-0.2, -0.15) is 0 Å². The number of halogens is 1. The predicted octanol–water partition coefficient (Wildman–Crippen LogP) is 1.81. The van der Waals surface area contributed by atoms with Crippen molar-refractivity contribution in [2.45, 2.75) is 26.3 Å². The molecule has 0 spiro atoms. The number of anilines is 1. The average Bonchev–Trinajstić information content (AvgIpc) is 2.95. The zero-order chi connectivity index (χ0) is 14.5. The average molecular weight is 281 g/mol. The lowest BCUT2D eigenvalue weighted by Crippen LogP contribution is -2.38. The highest BCUT2D eigenvalue weighted by Crippen LogP contribution is 2.18. The summed E-state index contributed by atoms with van der Waals surface area (Å²) in [5.41, 5.74) is 0.0155. The molecule has 1 aromatic heterocycles. The number of rotatable bonds is 5. The number of pyridine rings is 1. The highest BCUT2D eigenvalue weighted by molar-refractivity contribution is 5.95. The second kappa shape index (κ2) is 6.65. The van der Waals surface area contributed by atoms with Gasteiger partial charge in [-0.15, -0.1) is 0 Å². The molecule has 110 valence electrons. The standard InChI is InChI=1S/C14H20FN3O2/c1-3-16-13-12(15)11(4-6-17-13)14(19)18-9(2)10-5-7-20-8-10/h4,6,9-10H,3,5,7-8H2,1-2H3,(H,16,17)(H,18,19). The van der Waals surface area contributed by atoms with Crippen LogP contribution in [0.1, 0.15) is 30.6 Å². The van der Waals surface area contributed by atoms with Crippen molar-refractivity contribution in [3.63, 3.8) is 0 Å². The molecule has 1 fully saturated rings. The third-order valence-corrected chi connectivity index (χ3v) is 3.51. The SMILES string of the molecule is CCNc1nccc(C(=O)NC(C)C2CCOC2)c1F. The Bertz CT molecular complexity index is 475. The number of carbonyl (C=O) groups excluding carboxylic acids is 1. The fourth-order valence-corrected chi connectivity index (χ4v) is 2.26. The summed E-state index contributed by atoms with van der Waals surface area (Å²) in [7, 11) is 0. The second-order valence-corrected chi connectivity index (χ2v) is 4.94. The molecule has 2 unspecified atom stereocenters. The van der Waals surface area contributed by atoms with Gasteiger partial charge in [0.15, 0.2) is 11.6 Å². The number of carbonyl (C=O) groups is 1. The molecular formula is C14H20FN3O2. The molecule has 0 aliphatic carbocycles. The van der Waals surface area contributed by atoms with Crippen molar-refractivity contribution in [2.75, 3.05) is 25.1 Å². The summed E-state index contributed by atoms with van der Waals surface area (Å²) in [5, 5.41) is 5.63. The maximum absolute atomic E-state index is 14.1. The van der Waals surface area contributed by atoms with Crippen LogP contribution in [0.25, 0.3) is 0 Å². The van der Waals surface area contributed by atoms with E-state index in [0.29, 0.717) is 13.2 Å². The van der Waals surface area contributed by atoms with E-state index in [-0.39, 0.29) is 23.3 Å². The van der Waals surface area contributed by atoms with Crippen LogP contribution in [0, 0.1) is 11.7 Å². The Labute approximate surface area is 117 Å². The van der Waals surface area contributed by atoms with E-state index in [1.165, 1.54) is 12.3 Å². The van der Waals surface area contributed by atoms with Crippen LogP contribution in [0.15, 0.2) is 12.3 Å². The van der Waals surface area contributed by atoms with Crippen molar-refractivity contribution in [2.24, 2.45) is 5.92 Å². The smallest absolute Gasteiger partial charge is 0.254 e. The molecule has 0 saturated carbocycles. The minimum absolute atomic E-state index is 0.0155. The monoisotopic (exact) mass is 281 g/mol. The summed E-state index contributed by atoms with van der Waals surface area (Å²) in [6.07, 6.45) is 2.35. The Morgan fingerprint density at radius 1 is 1.65 bits per heavy atom. The van der Waals surface area contributed by atoms with Gasteiger partial charge in [-0.1, -0.05) is 0 Å². The predicted molar refractivity (Wildman–Crippen MR) is 74.2 cm³/mol. The van der Waals surface area contributed by atoms with Gasteiger partial charge in [-0.3, -0.25) is 4.79 Å². The van der Waals surface area contributed by atoms with Gasteiger partial charge in [0.2, 0.25) is 0 Å². The van der Waals surface area contributed by atoms with Gasteiger partial charge in [0.1, 0.15) is 0 Å². The first-order valence-electron chi connectivity index (χ1n) is 6.90. The number of nitrogens with one attached hydrogen (secondary N) is 2. The molecule has 0 aromatic carbocycles. The first kappa shape index (κ1) is 14.7. The number of nitrogens with zero attached hydrogens (tertiary/aromatic N) is 1. The Balaban J connectivity index is 2.06. The van der Waals surface area contributed by atoms with Crippen LogP contribution in [0.3, 0.4) is 0 Å². The van der Waals surface area contributed by atoms with E-state index in [1.807, 2.05) is 13.8 Å². The molecule has 1 aliphatic heterocycles. The third kappa shape index (κ3) is 3.25. The number of hydrogen-bond acceptors (Lipinski definition) is 4. The molecule has 1 aliphatic rings. The molecule has 2 atom stereocenters. The summed E-state index contributed by atoms with van der Waals surface area (Å²) < 4.78 is 19.4. The van der Waals surface area contributed by atoms with Gasteiger partial charge < -0.3 is 15.4 Å². The van der Waals surface area contributed by atoms with Crippen molar-refractivity contribution in [1.29, 1.82) is 0 Å². The maximum Gasteiger partial charge on any atom is 0.254 e. The number of ether oxygens (including phenoxy) is 1. The van der Waals surface area contributed by atoms with E-state index in [9.17, 15) is 9.18 Å². The molecule has 2 heterocycles. The first-order valence-corrected chi connectivity index (χ1v) is 6.90. The molecule has 1 amide bonds. The highest BCUT2D eigenvalue weighted by atomic mass is 19.1. The summed E-state index contributed by atoms with van der Waals surface area (Å²) in [6.45, 7) is 5.67. The van der Waals surface area contributed by atoms with Gasteiger partial charge in [-0.25, -0.2) is 9.37 Å². The molecule has 20 heavy (non-hydrogen) atoms. The van der Waals surface area contributed by atoms with Crippen molar-refractivity contribution in [3.05, 3.63) is 23.6 Å². The van der Waals surface area contributed by atoms with Crippen molar-refractivity contribution in [1.82, 2.24) is 10.3 Å². The maximum atomic E-state index is 14.1. The molecule has 2 rings (SSSR count). The molecule has 2 N–H and O–H groups in total. The highest BCUT2D eigenvalue weighted by Gasteiger charge is 2.25. The minimum atomic E-state index is -0.610. The van der Waals surface area contributed by atoms with Gasteiger partial charge in [0.25, 0.3) is 5.91 Å². The van der Waals surface area contributed by atoms with Gasteiger partial charge in [-0.05, 0) is 26.3 Å². The van der Waals surface area contributed by atoms with Crippen LogP contribution < -0.4 is 10.6 Å². The summed E-state index contributed by atoms with van der Waals surface area (Å²) in [5.74, 6) is -0.626. The summed E-state index contributed by atoms with van der Waals surface area (Å²) in [4.78, 5) is 16.0. The zero-order valence-electron chi connectivity index (χ0n) is 11.8. The van der Waals surface area contributed by atoms with E-state index in [2.05, 4.69) is 15.6 Å². The van der Waals surface area contributed by atoms with Crippen LogP contribution in [0.4, 0.5) is 10.2 Å². The van der Waals surface area contributed by atoms with E-state index >= 15 is 0 Å². The Morgan fingerprint density at radius 3 is 3.10 bits per heavy atom. The van der Waals surface area contributed by atoms with E-state index in [1.54, 1.807) is 0 Å². The Hall–Kier alpha value is -1.69. The van der Waals surface area contributed by atoms with E-state index < -0.39 is 11.7 Å². The van der Waals surface area contributed by atoms with E-state index in [0.717, 1.165) is 13.0 Å². The first-order chi connectivity index (χ1) is 9.63. The summed E-state index contributed by atoms with van der Waals surface area (Å²) >= 11 is 0. The molecule has 1 aromatic rings. The van der Waals surface area contributed by atoms with Crippen LogP contribution in [0.5, 0.6) is 0 Å². The molecule has 5 nitrogen and oxygen atoms in total. The normalized spacial score (nSPS) is 19.6. The quantitative estimate of drug-likeness (QED) is 0.864. The minimum Gasteiger partial charge on any atom is -0.381 e. The van der Waals surface area contributed by atoms with Crippen LogP contribution in [-0.4, -0.2) is 36.7 Å². The molecule has 1 saturated heterocycles. The Kier molecular flexibility index (Phi) is 4.89. The number of hydrogen-bond donors (Lipinski definition) is 2. The fourth-order valence-electron chi connectivity index (χ4n) is 2.26. The van der Waals surface area contributed by atoms with Gasteiger partial charge >= 0.3 is 0 Å². The lowest BCUT2D eigenvalue weighted by molar-refractivity contribution is 0.0918. The van der Waals surface area contributed by atoms with E-state index in [4.69, 9.17) is 4.74 Å². The van der Waals surface area contributed by atoms with Crippen LogP contribution >= 0.6 is 0 Å². The molecule has 0 bridgehead atoms. The zero-order valence-corrected chi connectivity index (χ0v) is 11.8. The molecule has 0 radical (unpaired) electrons. The van der Waals surface area contributed by atoms with Crippen molar-refractivity contribution < 1.29 is 13.9 Å². The summed E-state index contributed by atoms with van der Waals surface area (Å²) in [6, 6.07) is 1.35. The van der Waals surface area contributed by atoms with Crippen LogP contribution in [0.2, 0.25) is 0 Å². The Morgan fingerprint density at radius 2 is 2.45 bits per heavy atom. The lowest BCUT2D eigenvalue weighted by atomic mass is 10.0. The largest absolute Gasteiger partial charge is 0.381 e. The van der Waals surface area contributed by atoms with Crippen LogP contribution in [-0.2, 0) is 4.74 Å². The number of amides is 1. The third-order valence-electron chi connectivity index (χ3n) is 3.51.